The first-order valence-corrected chi connectivity index (χ1v) is 7.02. The second-order valence-corrected chi connectivity index (χ2v) is 5.32. The number of aryl methyl sites for hydroxylation is 1. The van der Waals surface area contributed by atoms with Gasteiger partial charge in [-0.3, -0.25) is 9.38 Å². The summed E-state index contributed by atoms with van der Waals surface area (Å²) in [7, 11) is 0. The molecule has 0 bridgehead atoms. The highest BCUT2D eigenvalue weighted by Gasteiger charge is 2.17. The molecule has 0 aliphatic rings. The van der Waals surface area contributed by atoms with Crippen LogP contribution in [0.2, 0.25) is 0 Å². The van der Waals surface area contributed by atoms with Gasteiger partial charge in [0.25, 0.3) is 0 Å². The smallest absolute Gasteiger partial charge is 0.182 e. The fourth-order valence-corrected chi connectivity index (χ4v) is 2.22. The average Bonchev–Trinajstić information content (AvgIpc) is 2.77. The molecule has 5 nitrogen and oxygen atoms in total. The number of hydrogen-bond acceptors (Lipinski definition) is 4. The number of nitrogens with one attached hydrogen (secondary N) is 1. The Morgan fingerprint density at radius 2 is 2.11 bits per heavy atom. The third kappa shape index (κ3) is 3.10. The van der Waals surface area contributed by atoms with Gasteiger partial charge in [-0.15, -0.1) is 10.2 Å². The van der Waals surface area contributed by atoms with Crippen molar-refractivity contribution in [2.75, 3.05) is 6.54 Å². The van der Waals surface area contributed by atoms with Crippen LogP contribution in [0.1, 0.15) is 38.7 Å². The fraction of sp³-hybridized carbons (Fsp3) is 0.643. The second-order valence-electron chi connectivity index (χ2n) is 5.32. The Morgan fingerprint density at radius 1 is 1.32 bits per heavy atom. The molecule has 0 aliphatic carbocycles. The van der Waals surface area contributed by atoms with Gasteiger partial charge in [0, 0.05) is 24.9 Å². The molecular formula is C14H23N5. The van der Waals surface area contributed by atoms with E-state index in [-0.39, 0.29) is 0 Å². The molecule has 0 saturated carbocycles. The first-order chi connectivity index (χ1) is 9.13. The van der Waals surface area contributed by atoms with Crippen molar-refractivity contribution >= 4 is 5.65 Å². The quantitative estimate of drug-likeness (QED) is 0.864. The summed E-state index contributed by atoms with van der Waals surface area (Å²) < 4.78 is 2.00. The molecule has 0 radical (unpaired) electrons. The molecular weight excluding hydrogens is 238 g/mol. The average molecular weight is 261 g/mol. The minimum atomic E-state index is 0.427. The minimum absolute atomic E-state index is 0.427. The Morgan fingerprint density at radius 3 is 2.79 bits per heavy atom. The molecule has 19 heavy (non-hydrogen) atoms. The second kappa shape index (κ2) is 6.10. The summed E-state index contributed by atoms with van der Waals surface area (Å²) in [6.07, 6.45) is 5.78. The van der Waals surface area contributed by atoms with Gasteiger partial charge in [0.05, 0.1) is 5.69 Å². The van der Waals surface area contributed by atoms with Gasteiger partial charge >= 0.3 is 0 Å². The van der Waals surface area contributed by atoms with E-state index < -0.39 is 0 Å². The third-order valence-electron chi connectivity index (χ3n) is 3.45. The first kappa shape index (κ1) is 13.9. The molecule has 0 aliphatic heterocycles. The van der Waals surface area contributed by atoms with Crippen LogP contribution in [-0.2, 0) is 6.42 Å². The Labute approximate surface area is 114 Å². The van der Waals surface area contributed by atoms with Gasteiger partial charge in [-0.05, 0) is 25.8 Å². The monoisotopic (exact) mass is 261 g/mol. The van der Waals surface area contributed by atoms with E-state index in [0.29, 0.717) is 12.0 Å². The normalized spacial score (nSPS) is 13.3. The number of fused-ring (bicyclic) bond motifs is 1. The predicted octanol–water partition coefficient (Wildman–Crippen LogP) is 2.00. The summed E-state index contributed by atoms with van der Waals surface area (Å²) in [6.45, 7) is 9.66. The van der Waals surface area contributed by atoms with Crippen molar-refractivity contribution in [1.82, 2.24) is 24.9 Å². The molecule has 2 heterocycles. The lowest BCUT2D eigenvalue weighted by molar-refractivity contribution is 0.395. The van der Waals surface area contributed by atoms with Crippen LogP contribution in [0, 0.1) is 12.8 Å². The van der Waals surface area contributed by atoms with Crippen molar-refractivity contribution in [2.45, 2.75) is 46.6 Å². The van der Waals surface area contributed by atoms with Gasteiger partial charge in [-0.25, -0.2) is 0 Å². The van der Waals surface area contributed by atoms with Crippen molar-refractivity contribution in [3.63, 3.8) is 0 Å². The molecule has 1 unspecified atom stereocenters. The largest absolute Gasteiger partial charge is 0.313 e. The minimum Gasteiger partial charge on any atom is -0.313 e. The topological polar surface area (TPSA) is 55.1 Å². The van der Waals surface area contributed by atoms with Crippen LogP contribution in [0.4, 0.5) is 0 Å². The first-order valence-electron chi connectivity index (χ1n) is 7.02. The van der Waals surface area contributed by atoms with E-state index in [1.165, 1.54) is 0 Å². The van der Waals surface area contributed by atoms with Crippen molar-refractivity contribution in [3.8, 4) is 0 Å². The molecule has 0 amide bonds. The Balaban J connectivity index is 2.23. The van der Waals surface area contributed by atoms with Crippen molar-refractivity contribution in [3.05, 3.63) is 23.9 Å². The van der Waals surface area contributed by atoms with Crippen LogP contribution in [0.5, 0.6) is 0 Å². The van der Waals surface area contributed by atoms with Crippen LogP contribution in [-0.4, -0.2) is 32.2 Å². The molecule has 0 spiro atoms. The molecule has 2 rings (SSSR count). The summed E-state index contributed by atoms with van der Waals surface area (Å²) in [5, 5.41) is 11.9. The SMILES string of the molecule is CCCNC(Cc1nccn2c(C)nnc12)C(C)C. The molecule has 104 valence electrons. The zero-order chi connectivity index (χ0) is 13.8. The van der Waals surface area contributed by atoms with E-state index in [0.717, 1.165) is 36.6 Å². The lowest BCUT2D eigenvalue weighted by atomic mass is 9.99. The highest BCUT2D eigenvalue weighted by Crippen LogP contribution is 2.13. The fourth-order valence-electron chi connectivity index (χ4n) is 2.22. The van der Waals surface area contributed by atoms with Gasteiger partial charge in [-0.2, -0.15) is 0 Å². The van der Waals surface area contributed by atoms with E-state index in [1.54, 1.807) is 0 Å². The molecule has 1 N–H and O–H groups in total. The Hall–Kier alpha value is -1.49. The number of aromatic nitrogens is 4. The maximum atomic E-state index is 4.49. The van der Waals surface area contributed by atoms with E-state index in [9.17, 15) is 0 Å². The number of nitrogens with zero attached hydrogens (tertiary/aromatic N) is 4. The van der Waals surface area contributed by atoms with Gasteiger partial charge in [0.2, 0.25) is 0 Å². The van der Waals surface area contributed by atoms with Gasteiger partial charge in [-0.1, -0.05) is 20.8 Å². The standard InChI is InChI=1S/C14H23N5/c1-5-6-15-12(10(2)3)9-13-14-18-17-11(4)19(14)8-7-16-13/h7-8,10,12,15H,5-6,9H2,1-4H3. The lowest BCUT2D eigenvalue weighted by Gasteiger charge is -2.22. The Bertz CT molecular complexity index is 532. The zero-order valence-corrected chi connectivity index (χ0v) is 12.2. The molecule has 0 fully saturated rings. The molecule has 2 aromatic rings. The van der Waals surface area contributed by atoms with Crippen molar-refractivity contribution < 1.29 is 0 Å². The van der Waals surface area contributed by atoms with Crippen LogP contribution in [0.25, 0.3) is 5.65 Å². The van der Waals surface area contributed by atoms with E-state index in [1.807, 2.05) is 23.7 Å². The molecule has 0 saturated heterocycles. The summed E-state index contributed by atoms with van der Waals surface area (Å²) in [6, 6.07) is 0.427. The van der Waals surface area contributed by atoms with E-state index in [4.69, 9.17) is 0 Å². The molecule has 5 heteroatoms. The van der Waals surface area contributed by atoms with Gasteiger partial charge < -0.3 is 5.32 Å². The summed E-state index contributed by atoms with van der Waals surface area (Å²) in [4.78, 5) is 4.49. The lowest BCUT2D eigenvalue weighted by Crippen LogP contribution is -2.36. The predicted molar refractivity (Wildman–Crippen MR) is 76.1 cm³/mol. The van der Waals surface area contributed by atoms with Crippen LogP contribution < -0.4 is 5.32 Å². The summed E-state index contributed by atoms with van der Waals surface area (Å²) >= 11 is 0. The highest BCUT2D eigenvalue weighted by molar-refractivity contribution is 5.43. The Kier molecular flexibility index (Phi) is 4.47. The summed E-state index contributed by atoms with van der Waals surface area (Å²) in [5.74, 6) is 1.47. The molecule has 1 atom stereocenters. The third-order valence-corrected chi connectivity index (χ3v) is 3.45. The van der Waals surface area contributed by atoms with Crippen LogP contribution >= 0.6 is 0 Å². The summed E-state index contributed by atoms with van der Waals surface area (Å²) in [5.41, 5.74) is 1.90. The van der Waals surface area contributed by atoms with Gasteiger partial charge in [0.1, 0.15) is 5.82 Å². The number of hydrogen-bond donors (Lipinski definition) is 1. The number of rotatable bonds is 6. The van der Waals surface area contributed by atoms with E-state index in [2.05, 4.69) is 41.3 Å². The molecule has 0 aromatic carbocycles. The van der Waals surface area contributed by atoms with E-state index >= 15 is 0 Å². The van der Waals surface area contributed by atoms with Crippen molar-refractivity contribution in [1.29, 1.82) is 0 Å². The van der Waals surface area contributed by atoms with Crippen LogP contribution in [0.15, 0.2) is 12.4 Å². The van der Waals surface area contributed by atoms with Crippen molar-refractivity contribution in [2.24, 2.45) is 5.92 Å². The van der Waals surface area contributed by atoms with Gasteiger partial charge in [0.15, 0.2) is 5.65 Å². The maximum absolute atomic E-state index is 4.49. The highest BCUT2D eigenvalue weighted by atomic mass is 15.2. The molecule has 2 aromatic heterocycles. The maximum Gasteiger partial charge on any atom is 0.182 e. The zero-order valence-electron chi connectivity index (χ0n) is 12.2. The van der Waals surface area contributed by atoms with Crippen LogP contribution in [0.3, 0.4) is 0 Å².